The molecule has 10 heteroatoms. The molecule has 0 radical (unpaired) electrons. The summed E-state index contributed by atoms with van der Waals surface area (Å²) in [5.41, 5.74) is 2.67. The Morgan fingerprint density at radius 1 is 1.17 bits per heavy atom. The Labute approximate surface area is 172 Å². The van der Waals surface area contributed by atoms with Gasteiger partial charge in [0.1, 0.15) is 18.3 Å². The van der Waals surface area contributed by atoms with Crippen molar-refractivity contribution in [2.24, 2.45) is 0 Å². The number of amides is 2. The van der Waals surface area contributed by atoms with Gasteiger partial charge in [-0.05, 0) is 31.0 Å². The van der Waals surface area contributed by atoms with Crippen LogP contribution in [0.5, 0.6) is 5.75 Å². The molecule has 0 spiro atoms. The summed E-state index contributed by atoms with van der Waals surface area (Å²) in [6.07, 6.45) is 7.84. The van der Waals surface area contributed by atoms with E-state index in [9.17, 15) is 9.59 Å². The molecule has 0 aromatic carbocycles. The van der Waals surface area contributed by atoms with E-state index in [1.807, 2.05) is 13.8 Å². The lowest BCUT2D eigenvalue weighted by Gasteiger charge is -2.19. The standard InChI is InChI=1S/C20H19N7O3/c1-11-6-15-18(24-7-11)27(3)20(29)14(10-30-15)25-19(28)17-23-8-12(2)16(26-17)13-9-21-4-5-22-13/h4-9,14H,10H2,1-3H3,(H,25,28)/t14-/m0/s1. The normalized spacial score (nSPS) is 15.8. The number of carbonyl (C=O) groups is 2. The van der Waals surface area contributed by atoms with Gasteiger partial charge in [-0.1, -0.05) is 0 Å². The van der Waals surface area contributed by atoms with E-state index >= 15 is 0 Å². The van der Waals surface area contributed by atoms with Crippen LogP contribution in [0.2, 0.25) is 0 Å². The SMILES string of the molecule is Cc1cnc2c(c1)OC[C@H](NC(=O)c1ncc(C)c(-c3cnccn3)n1)C(=O)N2C. The minimum atomic E-state index is -0.915. The molecule has 0 fully saturated rings. The first-order valence-electron chi connectivity index (χ1n) is 9.22. The van der Waals surface area contributed by atoms with Crippen molar-refractivity contribution in [2.45, 2.75) is 19.9 Å². The van der Waals surface area contributed by atoms with Crippen LogP contribution in [0.15, 0.2) is 37.1 Å². The van der Waals surface area contributed by atoms with Crippen LogP contribution in [0.25, 0.3) is 11.4 Å². The van der Waals surface area contributed by atoms with Gasteiger partial charge in [0.25, 0.3) is 11.8 Å². The average Bonchev–Trinajstić information content (AvgIpc) is 2.86. The van der Waals surface area contributed by atoms with Crippen molar-refractivity contribution in [3.63, 3.8) is 0 Å². The Hall–Kier alpha value is -3.95. The second-order valence-electron chi connectivity index (χ2n) is 6.88. The molecule has 0 saturated carbocycles. The quantitative estimate of drug-likeness (QED) is 0.687. The van der Waals surface area contributed by atoms with E-state index in [0.29, 0.717) is 23.0 Å². The van der Waals surface area contributed by atoms with Crippen molar-refractivity contribution in [3.05, 3.63) is 54.0 Å². The van der Waals surface area contributed by atoms with Gasteiger partial charge in [0.2, 0.25) is 5.82 Å². The van der Waals surface area contributed by atoms with E-state index in [2.05, 4.69) is 30.2 Å². The fraction of sp³-hybridized carbons (Fsp3) is 0.250. The molecule has 4 rings (SSSR count). The minimum absolute atomic E-state index is 0.0318. The van der Waals surface area contributed by atoms with Crippen molar-refractivity contribution in [2.75, 3.05) is 18.6 Å². The third-order valence-electron chi connectivity index (χ3n) is 4.61. The maximum atomic E-state index is 12.8. The number of likely N-dealkylation sites (N-methyl/N-ethyl adjacent to an activating group) is 1. The fourth-order valence-corrected chi connectivity index (χ4v) is 3.03. The summed E-state index contributed by atoms with van der Waals surface area (Å²) in [5, 5.41) is 2.66. The van der Waals surface area contributed by atoms with Gasteiger partial charge in [0.05, 0.1) is 11.9 Å². The molecule has 0 aliphatic carbocycles. The lowest BCUT2D eigenvalue weighted by molar-refractivity contribution is -0.120. The first-order chi connectivity index (χ1) is 14.4. The number of hydrogen-bond donors (Lipinski definition) is 1. The molecule has 10 nitrogen and oxygen atoms in total. The highest BCUT2D eigenvalue weighted by Gasteiger charge is 2.32. The molecule has 4 heterocycles. The van der Waals surface area contributed by atoms with Gasteiger partial charge in [0.15, 0.2) is 11.6 Å². The number of fused-ring (bicyclic) bond motifs is 1. The van der Waals surface area contributed by atoms with Crippen molar-refractivity contribution in [1.29, 1.82) is 0 Å². The molecular formula is C20H19N7O3. The molecule has 1 atom stereocenters. The third-order valence-corrected chi connectivity index (χ3v) is 4.61. The zero-order chi connectivity index (χ0) is 21.3. The number of nitrogens with one attached hydrogen (secondary N) is 1. The van der Waals surface area contributed by atoms with E-state index < -0.39 is 11.9 Å². The largest absolute Gasteiger partial charge is 0.487 e. The van der Waals surface area contributed by atoms with E-state index in [0.717, 1.165) is 11.1 Å². The molecule has 1 aliphatic rings. The molecule has 152 valence electrons. The summed E-state index contributed by atoms with van der Waals surface area (Å²) < 4.78 is 5.73. The summed E-state index contributed by atoms with van der Waals surface area (Å²) in [4.78, 5) is 47.9. The second-order valence-corrected chi connectivity index (χ2v) is 6.88. The Kier molecular flexibility index (Phi) is 5.05. The van der Waals surface area contributed by atoms with Gasteiger partial charge in [-0.25, -0.2) is 15.0 Å². The van der Waals surface area contributed by atoms with Gasteiger partial charge in [-0.15, -0.1) is 0 Å². The Morgan fingerprint density at radius 2 is 2.00 bits per heavy atom. The van der Waals surface area contributed by atoms with Crippen LogP contribution >= 0.6 is 0 Å². The number of pyridine rings is 1. The van der Waals surface area contributed by atoms with Crippen molar-refractivity contribution in [3.8, 4) is 17.1 Å². The number of nitrogens with zero attached hydrogens (tertiary/aromatic N) is 6. The second kappa shape index (κ2) is 7.82. The van der Waals surface area contributed by atoms with Crippen molar-refractivity contribution >= 4 is 17.6 Å². The molecule has 1 aliphatic heterocycles. The number of carbonyl (C=O) groups excluding carboxylic acids is 2. The topological polar surface area (TPSA) is 123 Å². The average molecular weight is 405 g/mol. The van der Waals surface area contributed by atoms with Crippen molar-refractivity contribution in [1.82, 2.24) is 30.2 Å². The Bertz CT molecular complexity index is 1120. The molecular weight excluding hydrogens is 386 g/mol. The van der Waals surface area contributed by atoms with Gasteiger partial charge in [-0.2, -0.15) is 0 Å². The molecule has 30 heavy (non-hydrogen) atoms. The van der Waals surface area contributed by atoms with Gasteiger partial charge in [-0.3, -0.25) is 24.5 Å². The smallest absolute Gasteiger partial charge is 0.289 e. The zero-order valence-corrected chi connectivity index (χ0v) is 16.7. The molecule has 1 N–H and O–H groups in total. The predicted octanol–water partition coefficient (Wildman–Crippen LogP) is 1.10. The molecule has 0 unspecified atom stereocenters. The third kappa shape index (κ3) is 3.66. The highest BCUT2D eigenvalue weighted by Crippen LogP contribution is 2.28. The number of aryl methyl sites for hydroxylation is 2. The summed E-state index contributed by atoms with van der Waals surface area (Å²) >= 11 is 0. The number of ether oxygens (including phenoxy) is 1. The van der Waals surface area contributed by atoms with E-state index in [1.54, 1.807) is 37.9 Å². The van der Waals surface area contributed by atoms with Gasteiger partial charge in [0, 0.05) is 31.8 Å². The molecule has 3 aromatic rings. The zero-order valence-electron chi connectivity index (χ0n) is 16.7. The molecule has 0 saturated heterocycles. The molecule has 2 amide bonds. The number of hydrogen-bond acceptors (Lipinski definition) is 8. The molecule has 3 aromatic heterocycles. The van der Waals surface area contributed by atoms with Crippen LogP contribution in [-0.4, -0.2) is 56.4 Å². The van der Waals surface area contributed by atoms with Crippen LogP contribution < -0.4 is 15.0 Å². The first kappa shape index (κ1) is 19.4. The molecule has 0 bridgehead atoms. The van der Waals surface area contributed by atoms with Crippen LogP contribution in [0.3, 0.4) is 0 Å². The van der Waals surface area contributed by atoms with E-state index in [1.165, 1.54) is 11.1 Å². The minimum Gasteiger partial charge on any atom is -0.487 e. The summed E-state index contributed by atoms with van der Waals surface area (Å²) in [5.74, 6) is -0.129. The lowest BCUT2D eigenvalue weighted by atomic mass is 10.2. The predicted molar refractivity (Wildman–Crippen MR) is 107 cm³/mol. The summed E-state index contributed by atoms with van der Waals surface area (Å²) in [7, 11) is 1.59. The first-order valence-corrected chi connectivity index (χ1v) is 9.22. The number of anilines is 1. The van der Waals surface area contributed by atoms with Crippen LogP contribution in [-0.2, 0) is 4.79 Å². The van der Waals surface area contributed by atoms with Gasteiger partial charge < -0.3 is 10.1 Å². The van der Waals surface area contributed by atoms with E-state index in [4.69, 9.17) is 4.74 Å². The Balaban J connectivity index is 1.57. The van der Waals surface area contributed by atoms with Crippen LogP contribution in [0, 0.1) is 13.8 Å². The highest BCUT2D eigenvalue weighted by atomic mass is 16.5. The number of aromatic nitrogens is 5. The van der Waals surface area contributed by atoms with Gasteiger partial charge >= 0.3 is 0 Å². The van der Waals surface area contributed by atoms with Crippen LogP contribution in [0.4, 0.5) is 5.82 Å². The maximum absolute atomic E-state index is 12.8. The van der Waals surface area contributed by atoms with Crippen molar-refractivity contribution < 1.29 is 14.3 Å². The number of rotatable bonds is 3. The fourth-order valence-electron chi connectivity index (χ4n) is 3.03. The lowest BCUT2D eigenvalue weighted by Crippen LogP contribution is -2.49. The maximum Gasteiger partial charge on any atom is 0.289 e. The summed E-state index contributed by atoms with van der Waals surface area (Å²) in [6, 6.07) is 0.883. The van der Waals surface area contributed by atoms with E-state index in [-0.39, 0.29) is 18.3 Å². The summed E-state index contributed by atoms with van der Waals surface area (Å²) in [6.45, 7) is 3.66. The Morgan fingerprint density at radius 3 is 2.77 bits per heavy atom. The highest BCUT2D eigenvalue weighted by molar-refractivity contribution is 6.01. The van der Waals surface area contributed by atoms with Crippen LogP contribution in [0.1, 0.15) is 21.7 Å². The monoisotopic (exact) mass is 405 g/mol.